The summed E-state index contributed by atoms with van der Waals surface area (Å²) in [6, 6.07) is 5.09. The molecule has 2 aromatic heterocycles. The van der Waals surface area contributed by atoms with Crippen molar-refractivity contribution in [3.05, 3.63) is 52.2 Å². The third-order valence-electron chi connectivity index (χ3n) is 2.90. The highest BCUT2D eigenvalue weighted by atomic mass is 35.5. The highest BCUT2D eigenvalue weighted by Gasteiger charge is 2.17. The summed E-state index contributed by atoms with van der Waals surface area (Å²) in [6.45, 7) is 5.66. The quantitative estimate of drug-likeness (QED) is 0.875. The first-order valence-corrected chi connectivity index (χ1v) is 6.35. The molecule has 1 amide bonds. The maximum atomic E-state index is 12.1. The fraction of sp³-hybridized carbons (Fsp3) is 0.286. The van der Waals surface area contributed by atoms with Crippen LogP contribution in [0.15, 0.2) is 28.8 Å². The molecule has 0 bridgehead atoms. The van der Waals surface area contributed by atoms with Crippen molar-refractivity contribution >= 4 is 17.5 Å². The van der Waals surface area contributed by atoms with Gasteiger partial charge in [0.05, 0.1) is 11.6 Å². The number of nitrogens with one attached hydrogen (secondary N) is 1. The van der Waals surface area contributed by atoms with E-state index in [0.29, 0.717) is 5.56 Å². The van der Waals surface area contributed by atoms with Crippen LogP contribution in [-0.2, 0) is 0 Å². The summed E-state index contributed by atoms with van der Waals surface area (Å²) >= 11 is 5.89. The molecule has 2 heterocycles. The van der Waals surface area contributed by atoms with Crippen molar-refractivity contribution in [1.29, 1.82) is 0 Å². The van der Waals surface area contributed by atoms with Gasteiger partial charge < -0.3 is 9.73 Å². The molecule has 0 saturated heterocycles. The number of pyridine rings is 1. The molecular formula is C14H15ClN2O2. The number of halogens is 1. The zero-order chi connectivity index (χ0) is 14.0. The first kappa shape index (κ1) is 13.6. The molecule has 0 aliphatic heterocycles. The molecule has 19 heavy (non-hydrogen) atoms. The van der Waals surface area contributed by atoms with E-state index in [0.717, 1.165) is 17.1 Å². The van der Waals surface area contributed by atoms with Crippen molar-refractivity contribution in [3.8, 4) is 0 Å². The second-order valence-corrected chi connectivity index (χ2v) is 4.76. The minimum absolute atomic E-state index is 0.152. The van der Waals surface area contributed by atoms with Crippen molar-refractivity contribution < 1.29 is 9.21 Å². The Morgan fingerprint density at radius 1 is 1.47 bits per heavy atom. The Bertz CT molecular complexity index is 607. The Labute approximate surface area is 116 Å². The van der Waals surface area contributed by atoms with E-state index in [1.807, 2.05) is 26.8 Å². The van der Waals surface area contributed by atoms with Crippen LogP contribution >= 0.6 is 11.6 Å². The molecule has 1 unspecified atom stereocenters. The summed E-state index contributed by atoms with van der Waals surface area (Å²) < 4.78 is 5.46. The number of rotatable bonds is 3. The number of hydrogen-bond acceptors (Lipinski definition) is 3. The van der Waals surface area contributed by atoms with Crippen LogP contribution in [0.4, 0.5) is 0 Å². The predicted octanol–water partition coefficient (Wildman–Crippen LogP) is 3.44. The van der Waals surface area contributed by atoms with Crippen LogP contribution in [0.2, 0.25) is 5.15 Å². The Balaban J connectivity index is 2.15. The number of carbonyl (C=O) groups is 1. The maximum absolute atomic E-state index is 12.1. The zero-order valence-electron chi connectivity index (χ0n) is 11.0. The van der Waals surface area contributed by atoms with Gasteiger partial charge in [0.1, 0.15) is 16.7 Å². The number of hydrogen-bond donors (Lipinski definition) is 1. The topological polar surface area (TPSA) is 55.1 Å². The molecule has 100 valence electrons. The summed E-state index contributed by atoms with van der Waals surface area (Å²) in [6.07, 6.45) is 1.55. The smallest absolute Gasteiger partial charge is 0.254 e. The molecular weight excluding hydrogens is 264 g/mol. The van der Waals surface area contributed by atoms with E-state index in [9.17, 15) is 4.79 Å². The van der Waals surface area contributed by atoms with Crippen LogP contribution in [0.3, 0.4) is 0 Å². The molecule has 0 radical (unpaired) electrons. The van der Waals surface area contributed by atoms with Crippen molar-refractivity contribution in [2.24, 2.45) is 0 Å². The minimum Gasteiger partial charge on any atom is -0.466 e. The van der Waals surface area contributed by atoms with Gasteiger partial charge in [-0.05, 0) is 39.0 Å². The van der Waals surface area contributed by atoms with Gasteiger partial charge in [-0.2, -0.15) is 0 Å². The summed E-state index contributed by atoms with van der Waals surface area (Å²) in [7, 11) is 0. The van der Waals surface area contributed by atoms with E-state index in [-0.39, 0.29) is 17.1 Å². The van der Waals surface area contributed by atoms with Crippen molar-refractivity contribution in [2.75, 3.05) is 0 Å². The van der Waals surface area contributed by atoms with Crippen LogP contribution in [0.1, 0.15) is 40.4 Å². The number of furan rings is 1. The van der Waals surface area contributed by atoms with E-state index < -0.39 is 0 Å². The molecule has 2 rings (SSSR count). The predicted molar refractivity (Wildman–Crippen MR) is 73.3 cm³/mol. The Kier molecular flexibility index (Phi) is 3.90. The van der Waals surface area contributed by atoms with Gasteiger partial charge in [0.15, 0.2) is 0 Å². The third-order valence-corrected chi connectivity index (χ3v) is 3.20. The molecule has 5 heteroatoms. The van der Waals surface area contributed by atoms with Crippen LogP contribution in [-0.4, -0.2) is 10.9 Å². The number of aromatic nitrogens is 1. The Hall–Kier alpha value is -1.81. The maximum Gasteiger partial charge on any atom is 0.254 e. The van der Waals surface area contributed by atoms with Gasteiger partial charge in [0.25, 0.3) is 5.91 Å². The van der Waals surface area contributed by atoms with E-state index in [1.165, 1.54) is 0 Å². The summed E-state index contributed by atoms with van der Waals surface area (Å²) in [5.41, 5.74) is 1.33. The van der Waals surface area contributed by atoms with Gasteiger partial charge in [-0.15, -0.1) is 0 Å². The lowest BCUT2D eigenvalue weighted by atomic mass is 10.1. The number of aryl methyl sites for hydroxylation is 2. The molecule has 0 aromatic carbocycles. The Morgan fingerprint density at radius 2 is 2.21 bits per heavy atom. The molecule has 1 N–H and O–H groups in total. The fourth-order valence-corrected chi connectivity index (χ4v) is 2.19. The van der Waals surface area contributed by atoms with Gasteiger partial charge in [0.2, 0.25) is 0 Å². The zero-order valence-corrected chi connectivity index (χ0v) is 11.8. The lowest BCUT2D eigenvalue weighted by Gasteiger charge is -2.13. The second kappa shape index (κ2) is 5.45. The van der Waals surface area contributed by atoms with E-state index in [2.05, 4.69) is 10.3 Å². The number of amides is 1. The van der Waals surface area contributed by atoms with Crippen LogP contribution < -0.4 is 5.32 Å². The Morgan fingerprint density at radius 3 is 2.79 bits per heavy atom. The average molecular weight is 279 g/mol. The molecule has 4 nitrogen and oxygen atoms in total. The summed E-state index contributed by atoms with van der Waals surface area (Å²) in [4.78, 5) is 16.0. The number of nitrogens with zero attached hydrogens (tertiary/aromatic N) is 1. The molecule has 0 aliphatic rings. The molecule has 1 atom stereocenters. The fourth-order valence-electron chi connectivity index (χ4n) is 1.99. The van der Waals surface area contributed by atoms with Crippen LogP contribution in [0.25, 0.3) is 0 Å². The van der Waals surface area contributed by atoms with Gasteiger partial charge in [-0.3, -0.25) is 4.79 Å². The van der Waals surface area contributed by atoms with Crippen molar-refractivity contribution in [3.63, 3.8) is 0 Å². The van der Waals surface area contributed by atoms with Gasteiger partial charge >= 0.3 is 0 Å². The summed E-state index contributed by atoms with van der Waals surface area (Å²) in [5.74, 6) is 1.39. The molecule has 0 aliphatic carbocycles. The second-order valence-electron chi connectivity index (χ2n) is 4.41. The lowest BCUT2D eigenvalue weighted by Crippen LogP contribution is -2.27. The molecule has 0 saturated carbocycles. The highest BCUT2D eigenvalue weighted by Crippen LogP contribution is 2.22. The lowest BCUT2D eigenvalue weighted by molar-refractivity contribution is 0.0939. The normalized spacial score (nSPS) is 12.2. The first-order chi connectivity index (χ1) is 8.99. The molecule has 2 aromatic rings. The van der Waals surface area contributed by atoms with E-state index >= 15 is 0 Å². The van der Waals surface area contributed by atoms with Gasteiger partial charge in [0, 0.05) is 11.8 Å². The number of carbonyl (C=O) groups excluding carboxylic acids is 1. The highest BCUT2D eigenvalue weighted by molar-refractivity contribution is 6.32. The SMILES string of the molecule is Cc1cc(C(C)NC(=O)c2cccnc2Cl)c(C)o1. The monoisotopic (exact) mass is 278 g/mol. The van der Waals surface area contributed by atoms with Crippen LogP contribution in [0, 0.1) is 13.8 Å². The molecule has 0 spiro atoms. The van der Waals surface area contributed by atoms with Gasteiger partial charge in [-0.25, -0.2) is 4.98 Å². The van der Waals surface area contributed by atoms with E-state index in [4.69, 9.17) is 16.0 Å². The first-order valence-electron chi connectivity index (χ1n) is 5.97. The third kappa shape index (κ3) is 2.96. The standard InChI is InChI=1S/C14H15ClN2O2/c1-8-7-12(10(3)19-8)9(2)17-14(18)11-5-4-6-16-13(11)15/h4-7,9H,1-3H3,(H,17,18). The minimum atomic E-state index is -0.246. The molecule has 0 fully saturated rings. The largest absolute Gasteiger partial charge is 0.466 e. The van der Waals surface area contributed by atoms with E-state index in [1.54, 1.807) is 18.3 Å². The van der Waals surface area contributed by atoms with Crippen LogP contribution in [0.5, 0.6) is 0 Å². The van der Waals surface area contributed by atoms with Crippen molar-refractivity contribution in [1.82, 2.24) is 10.3 Å². The van der Waals surface area contributed by atoms with Crippen molar-refractivity contribution in [2.45, 2.75) is 26.8 Å². The summed E-state index contributed by atoms with van der Waals surface area (Å²) in [5, 5.41) is 3.09. The van der Waals surface area contributed by atoms with Gasteiger partial charge in [-0.1, -0.05) is 11.6 Å². The average Bonchev–Trinajstić information content (AvgIpc) is 2.69.